The molecule has 0 aliphatic heterocycles. The van der Waals surface area contributed by atoms with Crippen LogP contribution in [0.15, 0.2) is 24.3 Å². The number of rotatable bonds is 11. The zero-order valence-corrected chi connectivity index (χ0v) is 13.1. The molecule has 0 aliphatic carbocycles. The lowest BCUT2D eigenvalue weighted by atomic mass is 10.1. The number of halogens is 1. The summed E-state index contributed by atoms with van der Waals surface area (Å²) in [5, 5.41) is 3.28. The monoisotopic (exact) mass is 299 g/mol. The van der Waals surface area contributed by atoms with E-state index in [1.54, 1.807) is 19.2 Å². The highest BCUT2D eigenvalue weighted by molar-refractivity contribution is 5.20. The molecular weight excluding hydrogens is 273 g/mol. The van der Waals surface area contributed by atoms with Gasteiger partial charge in [0, 0.05) is 25.3 Å². The van der Waals surface area contributed by atoms with E-state index in [2.05, 4.69) is 5.32 Å². The van der Waals surface area contributed by atoms with Crippen molar-refractivity contribution in [3.8, 4) is 0 Å². The first-order chi connectivity index (χ1) is 10.1. The van der Waals surface area contributed by atoms with Gasteiger partial charge in [0.05, 0.1) is 32.5 Å². The maximum Gasteiger partial charge on any atom is 0.129 e. The summed E-state index contributed by atoms with van der Waals surface area (Å²) >= 11 is 0. The van der Waals surface area contributed by atoms with E-state index >= 15 is 0 Å². The molecule has 4 nitrogen and oxygen atoms in total. The minimum atomic E-state index is -0.320. The highest BCUT2D eigenvalue weighted by atomic mass is 19.1. The summed E-state index contributed by atoms with van der Waals surface area (Å²) < 4.78 is 29.9. The van der Waals surface area contributed by atoms with Crippen LogP contribution in [-0.2, 0) is 14.2 Å². The number of hydrogen-bond donors (Lipinski definition) is 1. The van der Waals surface area contributed by atoms with Gasteiger partial charge in [-0.1, -0.05) is 32.0 Å². The lowest BCUT2D eigenvalue weighted by molar-refractivity contribution is -0.00844. The second-order valence-electron chi connectivity index (χ2n) is 5.05. The van der Waals surface area contributed by atoms with Gasteiger partial charge in [-0.15, -0.1) is 0 Å². The predicted octanol–water partition coefficient (Wildman–Crippen LogP) is 2.54. The lowest BCUT2D eigenvalue weighted by Crippen LogP contribution is -2.30. The third kappa shape index (κ3) is 7.52. The van der Waals surface area contributed by atoms with Crippen LogP contribution in [0.5, 0.6) is 0 Å². The molecule has 0 amide bonds. The highest BCUT2D eigenvalue weighted by Gasteiger charge is 2.16. The second-order valence-corrected chi connectivity index (χ2v) is 5.05. The molecular formula is C16H26FNO3. The summed E-state index contributed by atoms with van der Waals surface area (Å²) in [5.74, 6) is -0.242. The van der Waals surface area contributed by atoms with Gasteiger partial charge in [-0.25, -0.2) is 4.39 Å². The normalized spacial score (nSPS) is 12.8. The van der Waals surface area contributed by atoms with Gasteiger partial charge in [0.15, 0.2) is 0 Å². The van der Waals surface area contributed by atoms with Crippen LogP contribution < -0.4 is 5.32 Å². The van der Waals surface area contributed by atoms with Crippen LogP contribution >= 0.6 is 0 Å². The minimum absolute atomic E-state index is 0.242. The van der Waals surface area contributed by atoms with Crippen molar-refractivity contribution in [2.45, 2.75) is 26.0 Å². The van der Waals surface area contributed by atoms with Crippen molar-refractivity contribution >= 4 is 0 Å². The van der Waals surface area contributed by atoms with E-state index in [0.29, 0.717) is 44.6 Å². The van der Waals surface area contributed by atoms with Gasteiger partial charge in [0.1, 0.15) is 5.82 Å². The zero-order chi connectivity index (χ0) is 15.5. The van der Waals surface area contributed by atoms with Crippen LogP contribution in [0.3, 0.4) is 0 Å². The van der Waals surface area contributed by atoms with Gasteiger partial charge in [0.2, 0.25) is 0 Å². The number of ether oxygens (including phenoxy) is 3. The Morgan fingerprint density at radius 2 is 1.81 bits per heavy atom. The molecule has 0 spiro atoms. The average Bonchev–Trinajstić information content (AvgIpc) is 2.46. The number of benzene rings is 1. The van der Waals surface area contributed by atoms with Crippen LogP contribution in [0.25, 0.3) is 0 Å². The molecule has 120 valence electrons. The molecule has 0 radical (unpaired) electrons. The molecule has 0 bridgehead atoms. The molecule has 0 saturated heterocycles. The molecule has 0 aliphatic rings. The standard InChI is InChI=1S/C16H26FNO3/c1-13(2)18-12-16(14-6-4-5-7-15(14)17)21-11-10-20-9-8-19-3/h4-7,13,16,18H,8-12H2,1-3H3. The fraction of sp³-hybridized carbons (Fsp3) is 0.625. The smallest absolute Gasteiger partial charge is 0.129 e. The van der Waals surface area contributed by atoms with Crippen molar-refractivity contribution in [3.05, 3.63) is 35.6 Å². The highest BCUT2D eigenvalue weighted by Crippen LogP contribution is 2.20. The molecule has 21 heavy (non-hydrogen) atoms. The van der Waals surface area contributed by atoms with E-state index in [-0.39, 0.29) is 11.9 Å². The Morgan fingerprint density at radius 3 is 2.48 bits per heavy atom. The molecule has 0 saturated carbocycles. The summed E-state index contributed by atoms with van der Waals surface area (Å²) in [5.41, 5.74) is 0.572. The molecule has 1 rings (SSSR count). The molecule has 1 unspecified atom stereocenters. The van der Waals surface area contributed by atoms with E-state index in [0.717, 1.165) is 0 Å². The van der Waals surface area contributed by atoms with Crippen molar-refractivity contribution in [3.63, 3.8) is 0 Å². The molecule has 0 aromatic heterocycles. The fourth-order valence-electron chi connectivity index (χ4n) is 1.83. The maximum absolute atomic E-state index is 13.9. The van der Waals surface area contributed by atoms with Crippen molar-refractivity contribution in [1.29, 1.82) is 0 Å². The van der Waals surface area contributed by atoms with Gasteiger partial charge >= 0.3 is 0 Å². The summed E-state index contributed by atoms with van der Waals surface area (Å²) in [7, 11) is 1.63. The molecule has 1 atom stereocenters. The third-order valence-electron chi connectivity index (χ3n) is 2.94. The van der Waals surface area contributed by atoms with Gasteiger partial charge in [-0.05, 0) is 6.07 Å². The second kappa shape index (κ2) is 10.7. The number of nitrogens with one attached hydrogen (secondary N) is 1. The molecule has 1 N–H and O–H groups in total. The van der Waals surface area contributed by atoms with Gasteiger partial charge in [0.25, 0.3) is 0 Å². The summed E-state index contributed by atoms with van der Waals surface area (Å²) in [6.45, 7) is 6.65. The SMILES string of the molecule is COCCOCCOC(CNC(C)C)c1ccccc1F. The van der Waals surface area contributed by atoms with Gasteiger partial charge < -0.3 is 19.5 Å². The Labute approximate surface area is 126 Å². The average molecular weight is 299 g/mol. The van der Waals surface area contributed by atoms with E-state index in [1.807, 2.05) is 19.9 Å². The topological polar surface area (TPSA) is 39.7 Å². The Bertz CT molecular complexity index is 388. The molecule has 1 aromatic rings. The van der Waals surface area contributed by atoms with Crippen molar-refractivity contribution in [2.75, 3.05) is 40.1 Å². The van der Waals surface area contributed by atoms with E-state index in [9.17, 15) is 4.39 Å². The van der Waals surface area contributed by atoms with Gasteiger partial charge in [-0.3, -0.25) is 0 Å². The Morgan fingerprint density at radius 1 is 1.10 bits per heavy atom. The van der Waals surface area contributed by atoms with E-state index in [1.165, 1.54) is 6.07 Å². The summed E-state index contributed by atoms with van der Waals surface area (Å²) in [6, 6.07) is 7.03. The Balaban J connectivity index is 2.47. The van der Waals surface area contributed by atoms with Crippen molar-refractivity contribution < 1.29 is 18.6 Å². The Kier molecular flexibility index (Phi) is 9.17. The van der Waals surface area contributed by atoms with Crippen LogP contribution in [0.4, 0.5) is 4.39 Å². The molecule has 0 heterocycles. The first kappa shape index (κ1) is 18.0. The zero-order valence-electron chi connectivity index (χ0n) is 13.1. The van der Waals surface area contributed by atoms with Crippen LogP contribution in [0.2, 0.25) is 0 Å². The molecule has 0 fully saturated rings. The first-order valence-corrected chi connectivity index (χ1v) is 7.31. The van der Waals surface area contributed by atoms with Crippen LogP contribution in [-0.4, -0.2) is 46.1 Å². The maximum atomic E-state index is 13.9. The third-order valence-corrected chi connectivity index (χ3v) is 2.94. The van der Waals surface area contributed by atoms with E-state index < -0.39 is 0 Å². The van der Waals surface area contributed by atoms with Crippen molar-refractivity contribution in [1.82, 2.24) is 5.32 Å². The summed E-state index contributed by atoms with van der Waals surface area (Å²) in [4.78, 5) is 0. The number of methoxy groups -OCH3 is 1. The van der Waals surface area contributed by atoms with Crippen LogP contribution in [0.1, 0.15) is 25.5 Å². The summed E-state index contributed by atoms with van der Waals surface area (Å²) in [6.07, 6.45) is -0.320. The number of hydrogen-bond acceptors (Lipinski definition) is 4. The Hall–Kier alpha value is -1.01. The largest absolute Gasteiger partial charge is 0.382 e. The molecule has 1 aromatic carbocycles. The van der Waals surface area contributed by atoms with Crippen molar-refractivity contribution in [2.24, 2.45) is 0 Å². The fourth-order valence-corrected chi connectivity index (χ4v) is 1.83. The lowest BCUT2D eigenvalue weighted by Gasteiger charge is -2.21. The molecule has 5 heteroatoms. The minimum Gasteiger partial charge on any atom is -0.382 e. The quantitative estimate of drug-likeness (QED) is 0.637. The first-order valence-electron chi connectivity index (χ1n) is 7.31. The predicted molar refractivity (Wildman–Crippen MR) is 80.9 cm³/mol. The van der Waals surface area contributed by atoms with Gasteiger partial charge in [-0.2, -0.15) is 0 Å². The van der Waals surface area contributed by atoms with Crippen LogP contribution in [0, 0.1) is 5.82 Å². The van der Waals surface area contributed by atoms with E-state index in [4.69, 9.17) is 14.2 Å².